The summed E-state index contributed by atoms with van der Waals surface area (Å²) in [4.78, 5) is 35.2. The van der Waals surface area contributed by atoms with E-state index in [1.54, 1.807) is 12.3 Å². The van der Waals surface area contributed by atoms with Gasteiger partial charge in [0.15, 0.2) is 0 Å². The monoisotopic (exact) mass is 403 g/mol. The van der Waals surface area contributed by atoms with Crippen LogP contribution in [0, 0.1) is 13.8 Å². The van der Waals surface area contributed by atoms with E-state index in [1.165, 1.54) is 11.3 Å². The summed E-state index contributed by atoms with van der Waals surface area (Å²) >= 11 is 0. The Bertz CT molecular complexity index is 998. The molecule has 0 N–H and O–H groups in total. The molecule has 5 nitrogen and oxygen atoms in total. The molecule has 2 heterocycles. The van der Waals surface area contributed by atoms with E-state index in [2.05, 4.69) is 11.8 Å². The first-order valence-electron chi connectivity index (χ1n) is 10.8. The van der Waals surface area contributed by atoms with Gasteiger partial charge >= 0.3 is 0 Å². The van der Waals surface area contributed by atoms with Crippen molar-refractivity contribution >= 4 is 23.7 Å². The van der Waals surface area contributed by atoms with Crippen molar-refractivity contribution in [2.45, 2.75) is 45.6 Å². The predicted octanol–water partition coefficient (Wildman–Crippen LogP) is 4.13. The lowest BCUT2D eigenvalue weighted by atomic mass is 9.88. The fourth-order valence-electron chi connectivity index (χ4n) is 4.59. The first kappa shape index (κ1) is 20.5. The van der Waals surface area contributed by atoms with Crippen molar-refractivity contribution < 1.29 is 9.59 Å². The predicted molar refractivity (Wildman–Crippen MR) is 121 cm³/mol. The Labute approximate surface area is 178 Å². The summed E-state index contributed by atoms with van der Waals surface area (Å²) in [6, 6.07) is 13.7. The first-order chi connectivity index (χ1) is 14.5. The molecule has 1 unspecified atom stereocenters. The third-order valence-corrected chi connectivity index (χ3v) is 6.30. The molecule has 2 amide bonds. The lowest BCUT2D eigenvalue weighted by molar-refractivity contribution is -0.118. The Morgan fingerprint density at radius 2 is 1.93 bits per heavy atom. The van der Waals surface area contributed by atoms with Crippen LogP contribution in [0.1, 0.15) is 52.7 Å². The molecule has 0 spiro atoms. The van der Waals surface area contributed by atoms with E-state index in [-0.39, 0.29) is 11.8 Å². The molecule has 2 aromatic rings. The summed E-state index contributed by atoms with van der Waals surface area (Å²) in [5, 5.41) is 0. The second-order valence-electron chi connectivity index (χ2n) is 8.27. The number of rotatable bonds is 5. The molecule has 0 saturated carbocycles. The third kappa shape index (κ3) is 3.70. The largest absolute Gasteiger partial charge is 0.299 e. The van der Waals surface area contributed by atoms with Gasteiger partial charge < -0.3 is 0 Å². The highest BCUT2D eigenvalue weighted by Gasteiger charge is 2.39. The van der Waals surface area contributed by atoms with E-state index in [0.717, 1.165) is 36.2 Å². The van der Waals surface area contributed by atoms with E-state index in [0.29, 0.717) is 23.8 Å². The molecule has 1 saturated heterocycles. The van der Waals surface area contributed by atoms with E-state index in [4.69, 9.17) is 4.99 Å². The van der Waals surface area contributed by atoms with Crippen LogP contribution in [0.2, 0.25) is 0 Å². The second-order valence-corrected chi connectivity index (χ2v) is 8.27. The van der Waals surface area contributed by atoms with Crippen LogP contribution in [-0.2, 0) is 4.79 Å². The number of benzene rings is 2. The quantitative estimate of drug-likeness (QED) is 0.557. The number of carbonyl (C=O) groups excluding carboxylic acids is 2. The Balaban J connectivity index is 1.68. The van der Waals surface area contributed by atoms with E-state index in [9.17, 15) is 9.59 Å². The fraction of sp³-hybridized carbons (Fsp3) is 0.400. The third-order valence-electron chi connectivity index (χ3n) is 6.30. The molecule has 0 aliphatic carbocycles. The first-order valence-corrected chi connectivity index (χ1v) is 10.8. The van der Waals surface area contributed by atoms with Gasteiger partial charge in [-0.1, -0.05) is 37.3 Å². The molecule has 4 rings (SSSR count). The van der Waals surface area contributed by atoms with Crippen molar-refractivity contribution in [3.8, 4) is 0 Å². The van der Waals surface area contributed by atoms with Crippen LogP contribution in [0.4, 0.5) is 5.69 Å². The summed E-state index contributed by atoms with van der Waals surface area (Å²) in [6.45, 7) is 8.92. The molecule has 0 bridgehead atoms. The summed E-state index contributed by atoms with van der Waals surface area (Å²) in [5.74, 6) is -1.04. The van der Waals surface area contributed by atoms with Crippen molar-refractivity contribution in [2.75, 3.05) is 24.5 Å². The van der Waals surface area contributed by atoms with Crippen molar-refractivity contribution in [1.82, 2.24) is 4.90 Å². The smallest absolute Gasteiger partial charge is 0.265 e. The maximum absolute atomic E-state index is 13.5. The number of amides is 2. The van der Waals surface area contributed by atoms with Gasteiger partial charge in [-0.25, -0.2) is 4.90 Å². The molecule has 2 aliphatic rings. The lowest BCUT2D eigenvalue weighted by Crippen LogP contribution is -2.46. The number of fused-ring (bicyclic) bond motifs is 1. The number of carbonyl (C=O) groups is 2. The highest BCUT2D eigenvalue weighted by atomic mass is 16.2. The van der Waals surface area contributed by atoms with Crippen molar-refractivity contribution in [1.29, 1.82) is 0 Å². The van der Waals surface area contributed by atoms with Crippen LogP contribution in [0.25, 0.3) is 0 Å². The Morgan fingerprint density at radius 1 is 1.13 bits per heavy atom. The Kier molecular flexibility index (Phi) is 5.82. The van der Waals surface area contributed by atoms with Gasteiger partial charge in [-0.3, -0.25) is 19.5 Å². The van der Waals surface area contributed by atoms with Gasteiger partial charge in [0.1, 0.15) is 0 Å². The highest BCUT2D eigenvalue weighted by molar-refractivity contribution is 6.29. The molecule has 156 valence electrons. The Morgan fingerprint density at radius 3 is 2.73 bits per heavy atom. The van der Waals surface area contributed by atoms with Gasteiger partial charge in [0.05, 0.1) is 18.2 Å². The molecule has 2 aromatic carbocycles. The standard InChI is InChI=1S/C25H29N3O2/c1-4-27-13-7-8-19(27)15-26-16-22-20-9-5-6-10-21(20)24(29)28(25(22)30)23-14-17(2)11-12-18(23)3/h5-6,9-12,14,16,19,22H,4,7-8,13,15H2,1-3H3/t19-,22?/m0/s1. The summed E-state index contributed by atoms with van der Waals surface area (Å²) in [7, 11) is 0. The molecule has 2 aliphatic heterocycles. The average molecular weight is 404 g/mol. The molecule has 2 atom stereocenters. The van der Waals surface area contributed by atoms with Crippen molar-refractivity contribution in [2.24, 2.45) is 4.99 Å². The average Bonchev–Trinajstić information content (AvgIpc) is 3.20. The summed E-state index contributed by atoms with van der Waals surface area (Å²) in [6.07, 6.45) is 4.11. The number of aliphatic imine (C=N–C) groups is 1. The van der Waals surface area contributed by atoms with Gasteiger partial charge in [0.25, 0.3) is 5.91 Å². The fourth-order valence-corrected chi connectivity index (χ4v) is 4.59. The van der Waals surface area contributed by atoms with Gasteiger partial charge in [-0.2, -0.15) is 0 Å². The molecule has 5 heteroatoms. The van der Waals surface area contributed by atoms with Crippen LogP contribution in [0.5, 0.6) is 0 Å². The number of aryl methyl sites for hydroxylation is 2. The van der Waals surface area contributed by atoms with Gasteiger partial charge in [0, 0.05) is 17.8 Å². The number of hydrogen-bond donors (Lipinski definition) is 0. The van der Waals surface area contributed by atoms with Gasteiger partial charge in [-0.05, 0) is 68.6 Å². The van der Waals surface area contributed by atoms with E-state index < -0.39 is 5.92 Å². The van der Waals surface area contributed by atoms with Crippen LogP contribution in [0.15, 0.2) is 47.5 Å². The number of likely N-dealkylation sites (N-methyl/N-ethyl adjacent to an activating group) is 1. The minimum absolute atomic E-state index is 0.227. The topological polar surface area (TPSA) is 53.0 Å². The highest BCUT2D eigenvalue weighted by Crippen LogP contribution is 2.34. The molecular weight excluding hydrogens is 374 g/mol. The number of hydrogen-bond acceptors (Lipinski definition) is 4. The van der Waals surface area contributed by atoms with Gasteiger partial charge in [-0.15, -0.1) is 0 Å². The zero-order valence-electron chi connectivity index (χ0n) is 18.0. The van der Waals surface area contributed by atoms with Crippen LogP contribution >= 0.6 is 0 Å². The minimum Gasteiger partial charge on any atom is -0.299 e. The number of imide groups is 1. The zero-order chi connectivity index (χ0) is 21.3. The van der Waals surface area contributed by atoms with Crippen molar-refractivity contribution in [3.63, 3.8) is 0 Å². The number of nitrogens with zero attached hydrogens (tertiary/aromatic N) is 3. The van der Waals surface area contributed by atoms with E-state index in [1.807, 2.05) is 50.2 Å². The molecule has 30 heavy (non-hydrogen) atoms. The maximum Gasteiger partial charge on any atom is 0.265 e. The molecule has 0 aromatic heterocycles. The lowest BCUT2D eigenvalue weighted by Gasteiger charge is -2.32. The zero-order valence-corrected chi connectivity index (χ0v) is 18.0. The normalized spacial score (nSPS) is 22.2. The maximum atomic E-state index is 13.5. The summed E-state index contributed by atoms with van der Waals surface area (Å²) < 4.78 is 0. The minimum atomic E-state index is -0.546. The van der Waals surface area contributed by atoms with Crippen LogP contribution in [0.3, 0.4) is 0 Å². The van der Waals surface area contributed by atoms with Crippen molar-refractivity contribution in [3.05, 3.63) is 64.7 Å². The Hall–Kier alpha value is -2.79. The molecular formula is C25H29N3O2. The summed E-state index contributed by atoms with van der Waals surface area (Å²) in [5.41, 5.74) is 3.90. The van der Waals surface area contributed by atoms with Crippen LogP contribution < -0.4 is 4.90 Å². The van der Waals surface area contributed by atoms with Crippen LogP contribution in [-0.4, -0.2) is 48.6 Å². The SMILES string of the molecule is CCN1CCC[C@H]1CN=CC1C(=O)N(c2cc(C)ccc2C)C(=O)c2ccccc21. The molecule has 1 fully saturated rings. The number of likely N-dealkylation sites (tertiary alicyclic amines) is 1. The molecule has 0 radical (unpaired) electrons. The second kappa shape index (κ2) is 8.52. The number of anilines is 1. The van der Waals surface area contributed by atoms with E-state index >= 15 is 0 Å². The van der Waals surface area contributed by atoms with Gasteiger partial charge in [0.2, 0.25) is 5.91 Å².